The van der Waals surface area contributed by atoms with Gasteiger partial charge in [0.1, 0.15) is 11.2 Å². The number of para-hydroxylation sites is 1. The molecule has 0 saturated heterocycles. The van der Waals surface area contributed by atoms with Crippen molar-refractivity contribution in [1.29, 1.82) is 5.26 Å². The number of thiocyanates is 1. The molecule has 0 radical (unpaired) electrons. The molecule has 1 aliphatic heterocycles. The van der Waals surface area contributed by atoms with Crippen LogP contribution in [0.2, 0.25) is 0 Å². The minimum Gasteiger partial charge on any atom is -0.425 e. The van der Waals surface area contributed by atoms with E-state index in [1.54, 1.807) is 29.7 Å². The van der Waals surface area contributed by atoms with Crippen LogP contribution in [0.3, 0.4) is 0 Å². The molecule has 1 aromatic rings. The molecule has 0 spiro atoms. The van der Waals surface area contributed by atoms with E-state index in [1.807, 2.05) is 0 Å². The normalized spacial score (nSPS) is 19.0. The fraction of sp³-hybridized carbons (Fsp3) is 0.100. The molecule has 0 aliphatic carbocycles. The van der Waals surface area contributed by atoms with Gasteiger partial charge in [-0.05, 0) is 23.9 Å². The summed E-state index contributed by atoms with van der Waals surface area (Å²) in [5, 5.41) is 9.13. The van der Waals surface area contributed by atoms with Gasteiger partial charge in [-0.1, -0.05) is 12.1 Å². The molecule has 0 aromatic heterocycles. The van der Waals surface area contributed by atoms with Gasteiger partial charge < -0.3 is 4.74 Å². The second-order valence-corrected chi connectivity index (χ2v) is 3.76. The number of carbonyl (C=O) groups excluding carboxylic acids is 2. The number of esters is 1. The Kier molecular flexibility index (Phi) is 2.44. The standard InChI is InChI=1S/C10H5NO3S/c11-5-15-9-8(12)6-3-1-2-4-7(6)14-10(9)13/h1-4,9H. The lowest BCUT2D eigenvalue weighted by Gasteiger charge is -2.19. The van der Waals surface area contributed by atoms with Gasteiger partial charge in [-0.3, -0.25) is 4.79 Å². The van der Waals surface area contributed by atoms with Gasteiger partial charge in [0.2, 0.25) is 0 Å². The average molecular weight is 219 g/mol. The van der Waals surface area contributed by atoms with Crippen LogP contribution in [0.4, 0.5) is 0 Å². The van der Waals surface area contributed by atoms with E-state index in [4.69, 9.17) is 10.00 Å². The van der Waals surface area contributed by atoms with Crippen molar-refractivity contribution in [1.82, 2.24) is 0 Å². The summed E-state index contributed by atoms with van der Waals surface area (Å²) in [6.45, 7) is 0. The highest BCUT2D eigenvalue weighted by Crippen LogP contribution is 2.29. The molecule has 1 unspecified atom stereocenters. The lowest BCUT2D eigenvalue weighted by atomic mass is 10.0. The van der Waals surface area contributed by atoms with Gasteiger partial charge >= 0.3 is 5.97 Å². The minimum atomic E-state index is -1.05. The number of nitriles is 1. The number of thioether (sulfide) groups is 1. The maximum atomic E-state index is 11.7. The summed E-state index contributed by atoms with van der Waals surface area (Å²) >= 11 is 0.613. The molecule has 1 aromatic carbocycles. The molecule has 2 rings (SSSR count). The van der Waals surface area contributed by atoms with Gasteiger partial charge in [-0.2, -0.15) is 5.26 Å². The number of hydrogen-bond donors (Lipinski definition) is 0. The summed E-state index contributed by atoms with van der Waals surface area (Å²) in [7, 11) is 0. The molecule has 0 saturated carbocycles. The summed E-state index contributed by atoms with van der Waals surface area (Å²) in [5.41, 5.74) is 0.352. The summed E-state index contributed by atoms with van der Waals surface area (Å²) in [6.07, 6.45) is 0. The number of hydrogen-bond acceptors (Lipinski definition) is 5. The van der Waals surface area contributed by atoms with Crippen molar-refractivity contribution in [3.05, 3.63) is 29.8 Å². The van der Waals surface area contributed by atoms with Crippen molar-refractivity contribution in [3.8, 4) is 11.2 Å². The lowest BCUT2D eigenvalue weighted by molar-refractivity contribution is -0.133. The second kappa shape index (κ2) is 3.75. The zero-order valence-electron chi connectivity index (χ0n) is 7.47. The van der Waals surface area contributed by atoms with Crippen LogP contribution in [0.25, 0.3) is 0 Å². The van der Waals surface area contributed by atoms with Crippen molar-refractivity contribution < 1.29 is 14.3 Å². The Labute approximate surface area is 89.8 Å². The maximum Gasteiger partial charge on any atom is 0.333 e. The topological polar surface area (TPSA) is 67.2 Å². The average Bonchev–Trinajstić information content (AvgIpc) is 2.24. The Bertz CT molecular complexity index is 478. The maximum absolute atomic E-state index is 11.7. The van der Waals surface area contributed by atoms with Crippen LogP contribution in [-0.4, -0.2) is 17.0 Å². The Morgan fingerprint density at radius 2 is 2.07 bits per heavy atom. The summed E-state index contributed by atoms with van der Waals surface area (Å²) < 4.78 is 4.94. The first-order chi connectivity index (χ1) is 7.24. The molecule has 74 valence electrons. The summed E-state index contributed by atoms with van der Waals surface area (Å²) in [4.78, 5) is 23.1. The van der Waals surface area contributed by atoms with Crippen LogP contribution in [0, 0.1) is 10.7 Å². The highest BCUT2D eigenvalue weighted by molar-refractivity contribution is 8.05. The predicted octanol–water partition coefficient (Wildman–Crippen LogP) is 1.37. The van der Waals surface area contributed by atoms with E-state index in [9.17, 15) is 9.59 Å². The molecular weight excluding hydrogens is 214 g/mol. The largest absolute Gasteiger partial charge is 0.425 e. The van der Waals surface area contributed by atoms with Gasteiger partial charge in [-0.25, -0.2) is 4.79 Å². The van der Waals surface area contributed by atoms with Crippen LogP contribution in [0.5, 0.6) is 5.75 Å². The third-order valence-corrected chi connectivity index (χ3v) is 2.73. The Morgan fingerprint density at radius 1 is 1.33 bits per heavy atom. The van der Waals surface area contributed by atoms with E-state index in [0.717, 1.165) is 0 Å². The van der Waals surface area contributed by atoms with Gasteiger partial charge in [0.25, 0.3) is 0 Å². The fourth-order valence-electron chi connectivity index (χ4n) is 1.32. The first kappa shape index (κ1) is 9.74. The van der Waals surface area contributed by atoms with Gasteiger partial charge in [0, 0.05) is 0 Å². The van der Waals surface area contributed by atoms with Crippen LogP contribution in [-0.2, 0) is 4.79 Å². The van der Waals surface area contributed by atoms with Gasteiger partial charge in [0.05, 0.1) is 5.56 Å². The van der Waals surface area contributed by atoms with Crippen molar-refractivity contribution in [3.63, 3.8) is 0 Å². The summed E-state index contributed by atoms with van der Waals surface area (Å²) in [6, 6.07) is 6.49. The highest BCUT2D eigenvalue weighted by atomic mass is 32.2. The molecule has 1 heterocycles. The molecule has 0 N–H and O–H groups in total. The van der Waals surface area contributed by atoms with Crippen LogP contribution in [0.1, 0.15) is 10.4 Å². The second-order valence-electron chi connectivity index (χ2n) is 2.87. The lowest BCUT2D eigenvalue weighted by Crippen LogP contribution is -2.35. The van der Waals surface area contributed by atoms with Gasteiger partial charge in [0.15, 0.2) is 11.0 Å². The molecule has 0 amide bonds. The van der Waals surface area contributed by atoms with E-state index in [0.29, 0.717) is 17.3 Å². The number of rotatable bonds is 1. The van der Waals surface area contributed by atoms with Crippen molar-refractivity contribution in [2.45, 2.75) is 5.25 Å². The van der Waals surface area contributed by atoms with Gasteiger partial charge in [-0.15, -0.1) is 0 Å². The SMILES string of the molecule is N#CSC1C(=O)Oc2ccccc2C1=O. The number of benzene rings is 1. The van der Waals surface area contributed by atoms with E-state index >= 15 is 0 Å². The fourth-order valence-corrected chi connectivity index (χ4v) is 1.81. The third kappa shape index (κ3) is 1.60. The van der Waals surface area contributed by atoms with Crippen molar-refractivity contribution >= 4 is 23.5 Å². The minimum absolute atomic E-state index is 0.266. The van der Waals surface area contributed by atoms with E-state index in [-0.39, 0.29) is 11.5 Å². The molecule has 4 nitrogen and oxygen atoms in total. The molecular formula is C10H5NO3S. The first-order valence-corrected chi connectivity index (χ1v) is 5.01. The number of fused-ring (bicyclic) bond motifs is 1. The Morgan fingerprint density at radius 3 is 2.80 bits per heavy atom. The smallest absolute Gasteiger partial charge is 0.333 e. The number of carbonyl (C=O) groups is 2. The highest BCUT2D eigenvalue weighted by Gasteiger charge is 2.36. The van der Waals surface area contributed by atoms with Crippen LogP contribution < -0.4 is 4.74 Å². The van der Waals surface area contributed by atoms with Crippen LogP contribution >= 0.6 is 11.8 Å². The quantitative estimate of drug-likeness (QED) is 0.309. The first-order valence-electron chi connectivity index (χ1n) is 4.13. The van der Waals surface area contributed by atoms with Crippen molar-refractivity contribution in [2.24, 2.45) is 0 Å². The predicted molar refractivity (Wildman–Crippen MR) is 53.4 cm³/mol. The number of ketones is 1. The monoisotopic (exact) mass is 219 g/mol. The van der Waals surface area contributed by atoms with Crippen molar-refractivity contribution in [2.75, 3.05) is 0 Å². The van der Waals surface area contributed by atoms with E-state index in [1.165, 1.54) is 0 Å². The zero-order chi connectivity index (χ0) is 10.8. The van der Waals surface area contributed by atoms with E-state index < -0.39 is 11.2 Å². The Hall–Kier alpha value is -1.80. The molecule has 0 fully saturated rings. The third-order valence-electron chi connectivity index (χ3n) is 1.99. The summed E-state index contributed by atoms with van der Waals surface area (Å²) in [5.74, 6) is -0.777. The van der Waals surface area contributed by atoms with Crippen LogP contribution in [0.15, 0.2) is 24.3 Å². The number of nitrogens with zero attached hydrogens (tertiary/aromatic N) is 1. The number of Topliss-reactive ketones (excluding diaryl/α,β-unsaturated/α-hetero) is 1. The van der Waals surface area contributed by atoms with E-state index in [2.05, 4.69) is 0 Å². The molecule has 1 atom stereocenters. The molecule has 1 aliphatic rings. The molecule has 0 bridgehead atoms. The zero-order valence-corrected chi connectivity index (χ0v) is 8.28. The number of ether oxygens (including phenoxy) is 1. The Balaban J connectivity index is 2.44. The molecule has 15 heavy (non-hydrogen) atoms. The molecule has 5 heteroatoms.